The molecule has 2 N–H and O–H groups in total. The van der Waals surface area contributed by atoms with Crippen molar-refractivity contribution in [1.82, 2.24) is 9.55 Å². The molecule has 5 heteroatoms. The number of imidazole rings is 1. The van der Waals surface area contributed by atoms with Gasteiger partial charge in [-0.2, -0.15) is 0 Å². The predicted molar refractivity (Wildman–Crippen MR) is 84.0 cm³/mol. The van der Waals surface area contributed by atoms with Crippen LogP contribution in [0, 0.1) is 0 Å². The number of hydrogen-bond acceptors (Lipinski definition) is 3. The molecule has 3 aromatic rings. The Labute approximate surface area is 127 Å². The number of phenols is 1. The summed E-state index contributed by atoms with van der Waals surface area (Å²) in [7, 11) is 0. The van der Waals surface area contributed by atoms with Crippen LogP contribution in [0.5, 0.6) is 5.75 Å². The Balaban J connectivity index is 1.88. The average molecular weight is 300 g/mol. The normalized spacial score (nSPS) is 10.5. The van der Waals surface area contributed by atoms with Gasteiger partial charge in [-0.05, 0) is 29.8 Å². The van der Waals surface area contributed by atoms with Crippen LogP contribution in [0.3, 0.4) is 0 Å². The van der Waals surface area contributed by atoms with Crippen LogP contribution in [-0.4, -0.2) is 14.7 Å². The number of aromatic nitrogens is 2. The van der Waals surface area contributed by atoms with Crippen LogP contribution in [0.2, 0.25) is 5.02 Å². The van der Waals surface area contributed by atoms with Crippen molar-refractivity contribution in [3.8, 4) is 11.4 Å². The Morgan fingerprint density at radius 3 is 2.81 bits per heavy atom. The van der Waals surface area contributed by atoms with Crippen LogP contribution < -0.4 is 5.32 Å². The number of nitrogens with zero attached hydrogens (tertiary/aromatic N) is 2. The smallest absolute Gasteiger partial charge is 0.115 e. The molecule has 0 atom stereocenters. The predicted octanol–water partition coefficient (Wildman–Crippen LogP) is 3.84. The van der Waals surface area contributed by atoms with Crippen molar-refractivity contribution >= 4 is 17.3 Å². The lowest BCUT2D eigenvalue weighted by Gasteiger charge is -2.14. The summed E-state index contributed by atoms with van der Waals surface area (Å²) in [5.41, 5.74) is 2.76. The molecule has 0 saturated heterocycles. The van der Waals surface area contributed by atoms with Crippen molar-refractivity contribution in [3.05, 3.63) is 71.8 Å². The highest BCUT2D eigenvalue weighted by atomic mass is 35.5. The van der Waals surface area contributed by atoms with E-state index in [-0.39, 0.29) is 5.75 Å². The second kappa shape index (κ2) is 5.89. The Hall–Kier alpha value is -2.46. The molecule has 0 aliphatic carbocycles. The summed E-state index contributed by atoms with van der Waals surface area (Å²) in [5, 5.41) is 13.5. The van der Waals surface area contributed by atoms with E-state index in [1.165, 1.54) is 0 Å². The van der Waals surface area contributed by atoms with Gasteiger partial charge < -0.3 is 15.0 Å². The number of rotatable bonds is 4. The van der Waals surface area contributed by atoms with Gasteiger partial charge in [-0.1, -0.05) is 29.8 Å². The highest BCUT2D eigenvalue weighted by Crippen LogP contribution is 2.28. The lowest BCUT2D eigenvalue weighted by Crippen LogP contribution is -2.04. The number of aromatic hydroxyl groups is 1. The van der Waals surface area contributed by atoms with Crippen molar-refractivity contribution in [3.63, 3.8) is 0 Å². The quantitative estimate of drug-likeness (QED) is 0.769. The van der Waals surface area contributed by atoms with Gasteiger partial charge in [0.2, 0.25) is 0 Å². The molecule has 0 bridgehead atoms. The van der Waals surface area contributed by atoms with Crippen LogP contribution in [0.15, 0.2) is 61.2 Å². The average Bonchev–Trinajstić information content (AvgIpc) is 2.99. The monoisotopic (exact) mass is 299 g/mol. The molecule has 0 amide bonds. The Bertz CT molecular complexity index is 741. The first-order valence-corrected chi connectivity index (χ1v) is 6.90. The van der Waals surface area contributed by atoms with Crippen LogP contribution in [0.4, 0.5) is 5.69 Å². The molecule has 0 saturated carbocycles. The summed E-state index contributed by atoms with van der Waals surface area (Å²) in [6.07, 6.45) is 5.27. The number of nitrogens with one attached hydrogen (secondary N) is 1. The number of benzene rings is 2. The maximum atomic E-state index is 9.50. The lowest BCUT2D eigenvalue weighted by atomic mass is 10.2. The molecule has 0 aliphatic heterocycles. The number of phenolic OH excluding ortho intramolecular Hbond substituents is 1. The molecule has 2 aromatic carbocycles. The molecule has 3 rings (SSSR count). The maximum Gasteiger partial charge on any atom is 0.115 e. The van der Waals surface area contributed by atoms with Crippen LogP contribution in [0.1, 0.15) is 5.56 Å². The fraction of sp³-hybridized carbons (Fsp3) is 0.0625. The maximum absolute atomic E-state index is 9.50. The highest BCUT2D eigenvalue weighted by Gasteiger charge is 2.08. The number of para-hydroxylation sites is 1. The third-order valence-electron chi connectivity index (χ3n) is 3.14. The van der Waals surface area contributed by atoms with Gasteiger partial charge in [-0.15, -0.1) is 0 Å². The third kappa shape index (κ3) is 3.01. The van der Waals surface area contributed by atoms with Gasteiger partial charge in [0.25, 0.3) is 0 Å². The summed E-state index contributed by atoms with van der Waals surface area (Å²) in [5.74, 6) is 0.259. The summed E-state index contributed by atoms with van der Waals surface area (Å²) >= 11 is 6.30. The molecule has 106 valence electrons. The van der Waals surface area contributed by atoms with E-state index in [1.54, 1.807) is 24.7 Å². The van der Waals surface area contributed by atoms with Gasteiger partial charge >= 0.3 is 0 Å². The third-order valence-corrected chi connectivity index (χ3v) is 3.45. The zero-order valence-electron chi connectivity index (χ0n) is 11.2. The van der Waals surface area contributed by atoms with Crippen molar-refractivity contribution in [2.75, 3.05) is 5.32 Å². The first-order valence-electron chi connectivity index (χ1n) is 6.52. The van der Waals surface area contributed by atoms with Crippen LogP contribution in [-0.2, 0) is 6.54 Å². The highest BCUT2D eigenvalue weighted by molar-refractivity contribution is 6.33. The van der Waals surface area contributed by atoms with Crippen molar-refractivity contribution in [2.24, 2.45) is 0 Å². The number of halogens is 1. The first-order chi connectivity index (χ1) is 10.2. The summed E-state index contributed by atoms with van der Waals surface area (Å²) in [6.45, 7) is 0.594. The molecule has 4 nitrogen and oxygen atoms in total. The summed E-state index contributed by atoms with van der Waals surface area (Å²) < 4.78 is 1.87. The number of hydrogen-bond donors (Lipinski definition) is 2. The van der Waals surface area contributed by atoms with Gasteiger partial charge in [0.15, 0.2) is 0 Å². The van der Waals surface area contributed by atoms with Gasteiger partial charge in [-0.3, -0.25) is 0 Å². The Morgan fingerprint density at radius 1 is 1.19 bits per heavy atom. The lowest BCUT2D eigenvalue weighted by molar-refractivity contribution is 0.474. The summed E-state index contributed by atoms with van der Waals surface area (Å²) in [6, 6.07) is 12.9. The largest absolute Gasteiger partial charge is 0.508 e. The minimum Gasteiger partial charge on any atom is -0.508 e. The van der Waals surface area contributed by atoms with Gasteiger partial charge in [0.1, 0.15) is 5.75 Å². The van der Waals surface area contributed by atoms with E-state index in [4.69, 9.17) is 11.6 Å². The topological polar surface area (TPSA) is 50.1 Å². The van der Waals surface area contributed by atoms with Gasteiger partial charge in [0.05, 0.1) is 22.7 Å². The Kier molecular flexibility index (Phi) is 3.79. The second-order valence-corrected chi connectivity index (χ2v) is 5.04. The molecular weight excluding hydrogens is 286 g/mol. The molecule has 0 fully saturated rings. The SMILES string of the molecule is Oc1cccc(CNc2cccc(Cl)c2-n2ccnc2)c1. The fourth-order valence-electron chi connectivity index (χ4n) is 2.18. The molecule has 1 aromatic heterocycles. The minimum absolute atomic E-state index is 0.259. The van der Waals surface area contributed by atoms with E-state index in [2.05, 4.69) is 10.3 Å². The van der Waals surface area contributed by atoms with E-state index in [1.807, 2.05) is 41.1 Å². The molecule has 0 spiro atoms. The Morgan fingerprint density at radius 2 is 2.05 bits per heavy atom. The van der Waals surface area contributed by atoms with E-state index < -0.39 is 0 Å². The second-order valence-electron chi connectivity index (χ2n) is 4.63. The molecule has 0 aliphatic rings. The number of anilines is 1. The van der Waals surface area contributed by atoms with Gasteiger partial charge in [-0.25, -0.2) is 4.98 Å². The van der Waals surface area contributed by atoms with Gasteiger partial charge in [0, 0.05) is 18.9 Å². The van der Waals surface area contributed by atoms with Crippen LogP contribution >= 0.6 is 11.6 Å². The molecule has 21 heavy (non-hydrogen) atoms. The zero-order chi connectivity index (χ0) is 14.7. The first kappa shape index (κ1) is 13.5. The van der Waals surface area contributed by atoms with E-state index in [0.717, 1.165) is 16.9 Å². The summed E-state index contributed by atoms with van der Waals surface area (Å²) in [4.78, 5) is 4.05. The van der Waals surface area contributed by atoms with Crippen molar-refractivity contribution in [2.45, 2.75) is 6.54 Å². The molecule has 1 heterocycles. The van der Waals surface area contributed by atoms with E-state index in [0.29, 0.717) is 11.6 Å². The molecular formula is C16H14ClN3O. The van der Waals surface area contributed by atoms with Crippen molar-refractivity contribution in [1.29, 1.82) is 0 Å². The van der Waals surface area contributed by atoms with Crippen LogP contribution in [0.25, 0.3) is 5.69 Å². The van der Waals surface area contributed by atoms with Crippen molar-refractivity contribution < 1.29 is 5.11 Å². The minimum atomic E-state index is 0.259. The molecule has 0 radical (unpaired) electrons. The fourth-order valence-corrected chi connectivity index (χ4v) is 2.45. The molecule has 0 unspecified atom stereocenters. The standard InChI is InChI=1S/C16H14ClN3O/c17-14-5-2-6-15(16(14)20-8-7-18-11-20)19-10-12-3-1-4-13(21)9-12/h1-9,11,19,21H,10H2. The van der Waals surface area contributed by atoms with E-state index in [9.17, 15) is 5.11 Å². The zero-order valence-corrected chi connectivity index (χ0v) is 12.0. The van der Waals surface area contributed by atoms with E-state index >= 15 is 0 Å².